The van der Waals surface area contributed by atoms with E-state index in [9.17, 15) is 14.4 Å². The van der Waals surface area contributed by atoms with Crippen molar-refractivity contribution in [2.75, 3.05) is 20.8 Å². The molecular formula is C28H42N2O6. The number of ether oxygens (including phenoxy) is 3. The van der Waals surface area contributed by atoms with Crippen LogP contribution >= 0.6 is 0 Å². The summed E-state index contributed by atoms with van der Waals surface area (Å²) >= 11 is 0. The fourth-order valence-corrected chi connectivity index (χ4v) is 3.50. The van der Waals surface area contributed by atoms with E-state index in [1.807, 2.05) is 31.2 Å². The van der Waals surface area contributed by atoms with Crippen LogP contribution in [-0.2, 0) is 30.2 Å². The van der Waals surface area contributed by atoms with Crippen LogP contribution in [0.1, 0.15) is 47.1 Å². The van der Waals surface area contributed by atoms with Gasteiger partial charge in [-0.15, -0.1) is 0 Å². The largest absolute Gasteiger partial charge is 0.468 e. The van der Waals surface area contributed by atoms with Gasteiger partial charge in [-0.2, -0.15) is 0 Å². The Bertz CT molecular complexity index is 904. The maximum Gasteiger partial charge on any atom is 0.408 e. The molecule has 0 spiro atoms. The molecule has 0 aliphatic carbocycles. The van der Waals surface area contributed by atoms with Gasteiger partial charge in [-0.05, 0) is 39.7 Å². The van der Waals surface area contributed by atoms with Crippen LogP contribution in [0.3, 0.4) is 0 Å². The molecule has 200 valence electrons. The van der Waals surface area contributed by atoms with Gasteiger partial charge in [0.2, 0.25) is 5.91 Å². The van der Waals surface area contributed by atoms with Crippen molar-refractivity contribution >= 4 is 18.0 Å². The molecule has 0 fully saturated rings. The Hall–Kier alpha value is -3.13. The summed E-state index contributed by atoms with van der Waals surface area (Å²) in [5, 5.41) is 5.28. The summed E-state index contributed by atoms with van der Waals surface area (Å²) in [5.41, 5.74) is 1.47. The number of amides is 2. The fraction of sp³-hybridized carbons (Fsp3) is 0.536. The summed E-state index contributed by atoms with van der Waals surface area (Å²) in [7, 11) is 2.95. The minimum atomic E-state index is -0.687. The van der Waals surface area contributed by atoms with E-state index >= 15 is 0 Å². The van der Waals surface area contributed by atoms with Gasteiger partial charge in [0.1, 0.15) is 12.1 Å². The smallest absolute Gasteiger partial charge is 0.408 e. The monoisotopic (exact) mass is 502 g/mol. The van der Waals surface area contributed by atoms with E-state index in [0.29, 0.717) is 0 Å². The maximum absolute atomic E-state index is 12.6. The molecule has 0 aliphatic heterocycles. The van der Waals surface area contributed by atoms with E-state index in [2.05, 4.69) is 40.5 Å². The number of carbonyl (C=O) groups excluding carboxylic acids is 3. The third-order valence-electron chi connectivity index (χ3n) is 5.53. The summed E-state index contributed by atoms with van der Waals surface area (Å²) in [5.74, 6) is -1.51. The summed E-state index contributed by atoms with van der Waals surface area (Å²) in [6.07, 6.45) is 5.85. The second-order valence-electron chi connectivity index (χ2n) is 9.85. The van der Waals surface area contributed by atoms with Crippen molar-refractivity contribution in [3.8, 4) is 0 Å². The van der Waals surface area contributed by atoms with Gasteiger partial charge in [-0.3, -0.25) is 9.59 Å². The van der Waals surface area contributed by atoms with Crippen molar-refractivity contribution in [1.82, 2.24) is 10.6 Å². The SMILES string of the molecule is COC(=O)CNC(=O)[C@@H](C)[C@H](/C=C/C(C)=C/[C@H](C)[C@H](Cc1ccccc1)OC)NC(=O)OC(C)(C)C. The normalized spacial score (nSPS) is 15.5. The topological polar surface area (TPSA) is 103 Å². The third-order valence-corrected chi connectivity index (χ3v) is 5.53. The fourth-order valence-electron chi connectivity index (χ4n) is 3.50. The number of esters is 1. The van der Waals surface area contributed by atoms with Crippen LogP contribution in [0.2, 0.25) is 0 Å². The molecule has 8 heteroatoms. The lowest BCUT2D eigenvalue weighted by Gasteiger charge is -2.25. The first kappa shape index (κ1) is 30.9. The molecule has 2 N–H and O–H groups in total. The molecule has 0 saturated carbocycles. The molecule has 1 rings (SSSR count). The van der Waals surface area contributed by atoms with Crippen molar-refractivity contribution < 1.29 is 28.6 Å². The molecule has 4 atom stereocenters. The Balaban J connectivity index is 2.99. The second kappa shape index (κ2) is 15.1. The van der Waals surface area contributed by atoms with Gasteiger partial charge < -0.3 is 24.8 Å². The highest BCUT2D eigenvalue weighted by Crippen LogP contribution is 2.18. The predicted molar refractivity (Wildman–Crippen MR) is 140 cm³/mol. The van der Waals surface area contributed by atoms with Gasteiger partial charge >= 0.3 is 12.1 Å². The Morgan fingerprint density at radius 2 is 1.69 bits per heavy atom. The number of alkyl carbamates (subject to hydrolysis) is 1. The van der Waals surface area contributed by atoms with Crippen molar-refractivity contribution in [2.45, 2.75) is 65.7 Å². The van der Waals surface area contributed by atoms with E-state index in [-0.39, 0.29) is 18.6 Å². The number of hydrogen-bond acceptors (Lipinski definition) is 6. The molecule has 0 radical (unpaired) electrons. The zero-order chi connectivity index (χ0) is 27.3. The first-order valence-electron chi connectivity index (χ1n) is 12.1. The van der Waals surface area contributed by atoms with Gasteiger partial charge in [0, 0.05) is 13.0 Å². The van der Waals surface area contributed by atoms with Crippen LogP contribution in [0.25, 0.3) is 0 Å². The van der Waals surface area contributed by atoms with Crippen molar-refractivity contribution in [3.05, 3.63) is 59.7 Å². The standard InChI is InChI=1S/C28H42N2O6/c1-19(16-20(2)24(34-7)17-22-12-10-9-11-13-22)14-15-23(30-27(33)36-28(4,5)6)21(3)26(32)29-18-25(31)35-8/h9-16,20-21,23-24H,17-18H2,1-8H3,(H,29,32)(H,30,33)/b15-14+,19-16+/t20-,21-,23-,24-/m0/s1. The van der Waals surface area contributed by atoms with Crippen LogP contribution in [0.15, 0.2) is 54.1 Å². The number of allylic oxidation sites excluding steroid dienone is 2. The van der Waals surface area contributed by atoms with Gasteiger partial charge in [0.15, 0.2) is 0 Å². The van der Waals surface area contributed by atoms with Gasteiger partial charge in [-0.25, -0.2) is 4.79 Å². The van der Waals surface area contributed by atoms with Crippen LogP contribution in [-0.4, -0.2) is 56.5 Å². The number of benzene rings is 1. The third kappa shape index (κ3) is 12.0. The van der Waals surface area contributed by atoms with Gasteiger partial charge in [0.05, 0.1) is 25.2 Å². The summed E-state index contributed by atoms with van der Waals surface area (Å²) in [6.45, 7) is 10.8. The molecule has 36 heavy (non-hydrogen) atoms. The van der Waals surface area contributed by atoms with Gasteiger partial charge in [-0.1, -0.05) is 68.0 Å². The summed E-state index contributed by atoms with van der Waals surface area (Å²) in [6, 6.07) is 9.50. The molecule has 1 aromatic rings. The first-order chi connectivity index (χ1) is 16.9. The average Bonchev–Trinajstić information content (AvgIpc) is 2.82. The maximum atomic E-state index is 12.6. The molecule has 0 aliphatic rings. The Labute approximate surface area is 215 Å². The van der Waals surface area contributed by atoms with Crippen molar-refractivity contribution in [3.63, 3.8) is 0 Å². The van der Waals surface area contributed by atoms with Crippen LogP contribution in [0, 0.1) is 11.8 Å². The van der Waals surface area contributed by atoms with Crippen molar-refractivity contribution in [2.24, 2.45) is 11.8 Å². The molecule has 0 heterocycles. The molecule has 0 saturated heterocycles. The quantitative estimate of drug-likeness (QED) is 0.328. The number of methoxy groups -OCH3 is 2. The second-order valence-corrected chi connectivity index (χ2v) is 9.85. The Morgan fingerprint density at radius 3 is 2.25 bits per heavy atom. The van der Waals surface area contributed by atoms with E-state index in [1.165, 1.54) is 12.7 Å². The molecule has 0 aromatic heterocycles. The van der Waals surface area contributed by atoms with E-state index in [0.717, 1.165) is 12.0 Å². The molecule has 2 amide bonds. The first-order valence-corrected chi connectivity index (χ1v) is 12.1. The Morgan fingerprint density at radius 1 is 1.06 bits per heavy atom. The van der Waals surface area contributed by atoms with E-state index in [4.69, 9.17) is 9.47 Å². The van der Waals surface area contributed by atoms with Crippen LogP contribution in [0.4, 0.5) is 4.79 Å². The van der Waals surface area contributed by atoms with Crippen LogP contribution in [0.5, 0.6) is 0 Å². The number of hydrogen-bond donors (Lipinski definition) is 2. The highest BCUT2D eigenvalue weighted by molar-refractivity contribution is 5.84. The predicted octanol–water partition coefficient (Wildman–Crippen LogP) is 4.20. The lowest BCUT2D eigenvalue weighted by Crippen LogP contribution is -2.47. The average molecular weight is 503 g/mol. The highest BCUT2D eigenvalue weighted by atomic mass is 16.6. The minimum absolute atomic E-state index is 0.00513. The zero-order valence-electron chi connectivity index (χ0n) is 22.8. The zero-order valence-corrected chi connectivity index (χ0v) is 22.8. The molecule has 8 nitrogen and oxygen atoms in total. The highest BCUT2D eigenvalue weighted by Gasteiger charge is 2.26. The van der Waals surface area contributed by atoms with Crippen molar-refractivity contribution in [1.29, 1.82) is 0 Å². The van der Waals surface area contributed by atoms with Crippen LogP contribution < -0.4 is 10.6 Å². The van der Waals surface area contributed by atoms with E-state index in [1.54, 1.807) is 40.9 Å². The number of rotatable bonds is 12. The molecule has 1 aromatic carbocycles. The summed E-state index contributed by atoms with van der Waals surface area (Å²) < 4.78 is 15.7. The molecular weight excluding hydrogens is 460 g/mol. The number of carbonyl (C=O) groups is 3. The molecule has 0 bridgehead atoms. The summed E-state index contributed by atoms with van der Waals surface area (Å²) in [4.78, 5) is 36.4. The lowest BCUT2D eigenvalue weighted by molar-refractivity contribution is -0.141. The number of nitrogens with one attached hydrogen (secondary N) is 2. The lowest BCUT2D eigenvalue weighted by atomic mass is 9.95. The Kier molecular flexibility index (Phi) is 12.9. The van der Waals surface area contributed by atoms with Gasteiger partial charge in [0.25, 0.3) is 0 Å². The van der Waals surface area contributed by atoms with E-state index < -0.39 is 35.5 Å². The molecule has 0 unspecified atom stereocenters. The minimum Gasteiger partial charge on any atom is -0.468 e.